The van der Waals surface area contributed by atoms with Gasteiger partial charge in [-0.15, -0.1) is 10.2 Å². The van der Waals surface area contributed by atoms with Crippen molar-refractivity contribution in [3.8, 4) is 5.69 Å². The summed E-state index contributed by atoms with van der Waals surface area (Å²) in [7, 11) is -3.58. The lowest BCUT2D eigenvalue weighted by atomic mass is 10.2. The summed E-state index contributed by atoms with van der Waals surface area (Å²) in [6, 6.07) is 13.8. The highest BCUT2D eigenvalue weighted by Crippen LogP contribution is 2.27. The molecule has 0 spiro atoms. The number of nitrogens with zero attached hydrogens (tertiary/aromatic N) is 3. The van der Waals surface area contributed by atoms with E-state index in [1.54, 1.807) is 32.9 Å². The van der Waals surface area contributed by atoms with Crippen molar-refractivity contribution >= 4 is 33.4 Å². The molecule has 0 fully saturated rings. The summed E-state index contributed by atoms with van der Waals surface area (Å²) >= 11 is 1.31. The fourth-order valence-electron chi connectivity index (χ4n) is 3.06. The van der Waals surface area contributed by atoms with E-state index < -0.39 is 15.3 Å². The predicted octanol–water partition coefficient (Wildman–Crippen LogP) is 3.69. The zero-order valence-corrected chi connectivity index (χ0v) is 20.3. The molecule has 3 aromatic rings. The lowest BCUT2D eigenvalue weighted by Gasteiger charge is -2.15. The molecule has 3 rings (SSSR count). The molecule has 32 heavy (non-hydrogen) atoms. The Hall–Kier alpha value is -2.69. The molecule has 0 saturated carbocycles. The van der Waals surface area contributed by atoms with Crippen molar-refractivity contribution in [2.45, 2.75) is 56.0 Å². The standard InChI is InChI=1S/C22H27N5O3S2/c1-14(2)26-32(29,30)19-12-10-18(11-13-19)23-21(28)16(4)31-22-25-24-17(5)27(22)20-9-7-6-8-15(20)3/h6-14,16,26H,1-5H3,(H,23,28). The van der Waals surface area contributed by atoms with Crippen LogP contribution >= 0.6 is 11.8 Å². The monoisotopic (exact) mass is 473 g/mol. The van der Waals surface area contributed by atoms with Crippen LogP contribution in [0, 0.1) is 13.8 Å². The van der Waals surface area contributed by atoms with E-state index in [0.29, 0.717) is 10.8 Å². The van der Waals surface area contributed by atoms with Crippen molar-refractivity contribution in [2.75, 3.05) is 5.32 Å². The fraction of sp³-hybridized carbons (Fsp3) is 0.318. The molecule has 0 aliphatic heterocycles. The van der Waals surface area contributed by atoms with Gasteiger partial charge < -0.3 is 5.32 Å². The van der Waals surface area contributed by atoms with Crippen molar-refractivity contribution in [1.82, 2.24) is 19.5 Å². The minimum absolute atomic E-state index is 0.147. The first-order valence-electron chi connectivity index (χ1n) is 10.2. The summed E-state index contributed by atoms with van der Waals surface area (Å²) in [4.78, 5) is 12.9. The zero-order valence-electron chi connectivity index (χ0n) is 18.7. The number of carbonyl (C=O) groups excluding carboxylic acids is 1. The Morgan fingerprint density at radius 3 is 2.28 bits per heavy atom. The van der Waals surface area contributed by atoms with Crippen LogP contribution in [0.15, 0.2) is 58.6 Å². The maximum atomic E-state index is 12.7. The highest BCUT2D eigenvalue weighted by Gasteiger charge is 2.21. The summed E-state index contributed by atoms with van der Waals surface area (Å²) in [6.45, 7) is 9.19. The third kappa shape index (κ3) is 5.56. The first-order valence-corrected chi connectivity index (χ1v) is 12.5. The summed E-state index contributed by atoms with van der Waals surface area (Å²) in [5.41, 5.74) is 2.57. The van der Waals surface area contributed by atoms with Gasteiger partial charge in [-0.2, -0.15) is 0 Å². The number of sulfonamides is 1. The van der Waals surface area contributed by atoms with E-state index in [1.165, 1.54) is 23.9 Å². The van der Waals surface area contributed by atoms with Crippen molar-refractivity contribution in [2.24, 2.45) is 0 Å². The Kier molecular flexibility index (Phi) is 7.37. The molecule has 8 nitrogen and oxygen atoms in total. The normalized spacial score (nSPS) is 12.7. The van der Waals surface area contributed by atoms with Gasteiger partial charge in [-0.3, -0.25) is 9.36 Å². The van der Waals surface area contributed by atoms with E-state index in [0.717, 1.165) is 17.1 Å². The zero-order chi connectivity index (χ0) is 23.5. The van der Waals surface area contributed by atoms with Gasteiger partial charge in [-0.05, 0) is 70.5 Å². The summed E-state index contributed by atoms with van der Waals surface area (Å²) < 4.78 is 29.0. The maximum absolute atomic E-state index is 12.7. The van der Waals surface area contributed by atoms with Gasteiger partial charge in [0.15, 0.2) is 5.16 Å². The van der Waals surface area contributed by atoms with Crippen LogP contribution in [0.5, 0.6) is 0 Å². The third-order valence-electron chi connectivity index (χ3n) is 4.63. The van der Waals surface area contributed by atoms with E-state index in [2.05, 4.69) is 20.2 Å². The predicted molar refractivity (Wildman–Crippen MR) is 127 cm³/mol. The molecular formula is C22H27N5O3S2. The van der Waals surface area contributed by atoms with Crippen LogP contribution in [0.2, 0.25) is 0 Å². The van der Waals surface area contributed by atoms with E-state index >= 15 is 0 Å². The second-order valence-electron chi connectivity index (χ2n) is 7.70. The van der Waals surface area contributed by atoms with E-state index in [1.807, 2.05) is 42.7 Å². The number of aromatic nitrogens is 3. The van der Waals surface area contributed by atoms with Crippen LogP contribution in [0.4, 0.5) is 5.69 Å². The molecule has 1 aromatic heterocycles. The van der Waals surface area contributed by atoms with Gasteiger partial charge in [-0.25, -0.2) is 13.1 Å². The molecule has 0 aliphatic rings. The van der Waals surface area contributed by atoms with Crippen LogP contribution in [0.25, 0.3) is 5.69 Å². The number of carbonyl (C=O) groups is 1. The Bertz CT molecular complexity index is 1200. The number of nitrogens with one attached hydrogen (secondary N) is 2. The fourth-order valence-corrected chi connectivity index (χ4v) is 5.22. The van der Waals surface area contributed by atoms with Crippen LogP contribution in [-0.4, -0.2) is 40.4 Å². The van der Waals surface area contributed by atoms with E-state index in [4.69, 9.17) is 0 Å². The molecule has 10 heteroatoms. The number of aryl methyl sites for hydroxylation is 2. The number of benzene rings is 2. The maximum Gasteiger partial charge on any atom is 0.240 e. The topological polar surface area (TPSA) is 106 Å². The molecule has 1 heterocycles. The molecule has 0 aliphatic carbocycles. The van der Waals surface area contributed by atoms with Crippen LogP contribution in [0.1, 0.15) is 32.2 Å². The first-order chi connectivity index (χ1) is 15.1. The molecule has 0 saturated heterocycles. The number of hydrogen-bond donors (Lipinski definition) is 2. The van der Waals surface area contributed by atoms with E-state index in [9.17, 15) is 13.2 Å². The molecule has 0 bridgehead atoms. The van der Waals surface area contributed by atoms with Crippen molar-refractivity contribution in [3.63, 3.8) is 0 Å². The Labute approximate surface area is 192 Å². The van der Waals surface area contributed by atoms with E-state index in [-0.39, 0.29) is 16.8 Å². The van der Waals surface area contributed by atoms with Crippen molar-refractivity contribution in [3.05, 3.63) is 59.9 Å². The Balaban J connectivity index is 1.71. The lowest BCUT2D eigenvalue weighted by Crippen LogP contribution is -2.30. The lowest BCUT2D eigenvalue weighted by molar-refractivity contribution is -0.115. The van der Waals surface area contributed by atoms with Gasteiger partial charge in [0, 0.05) is 11.7 Å². The smallest absolute Gasteiger partial charge is 0.240 e. The molecule has 170 valence electrons. The molecule has 2 N–H and O–H groups in total. The average Bonchev–Trinajstić information content (AvgIpc) is 3.07. The number of para-hydroxylation sites is 1. The van der Waals surface area contributed by atoms with Crippen LogP contribution in [-0.2, 0) is 14.8 Å². The SMILES string of the molecule is Cc1ccccc1-n1c(C)nnc1SC(C)C(=O)Nc1ccc(S(=O)(=O)NC(C)C)cc1. The quantitative estimate of drug-likeness (QED) is 0.483. The minimum atomic E-state index is -3.58. The number of rotatable bonds is 8. The highest BCUT2D eigenvalue weighted by atomic mass is 32.2. The Morgan fingerprint density at radius 1 is 1.00 bits per heavy atom. The Morgan fingerprint density at radius 2 is 1.66 bits per heavy atom. The first kappa shape index (κ1) is 24.0. The van der Waals surface area contributed by atoms with Crippen molar-refractivity contribution < 1.29 is 13.2 Å². The van der Waals surface area contributed by atoms with Crippen LogP contribution < -0.4 is 10.0 Å². The average molecular weight is 474 g/mol. The number of amides is 1. The van der Waals surface area contributed by atoms with Crippen molar-refractivity contribution in [1.29, 1.82) is 0 Å². The minimum Gasteiger partial charge on any atom is -0.325 e. The number of anilines is 1. The molecular weight excluding hydrogens is 446 g/mol. The second-order valence-corrected chi connectivity index (χ2v) is 10.7. The third-order valence-corrected chi connectivity index (χ3v) is 7.34. The summed E-state index contributed by atoms with van der Waals surface area (Å²) in [5.74, 6) is 0.518. The van der Waals surface area contributed by atoms with Crippen LogP contribution in [0.3, 0.4) is 0 Å². The van der Waals surface area contributed by atoms with Gasteiger partial charge >= 0.3 is 0 Å². The molecule has 1 amide bonds. The van der Waals surface area contributed by atoms with Gasteiger partial charge in [0.1, 0.15) is 5.82 Å². The highest BCUT2D eigenvalue weighted by molar-refractivity contribution is 8.00. The summed E-state index contributed by atoms with van der Waals surface area (Å²) in [5, 5.41) is 11.4. The van der Waals surface area contributed by atoms with Gasteiger partial charge in [0.2, 0.25) is 15.9 Å². The molecule has 1 unspecified atom stereocenters. The molecule has 2 aromatic carbocycles. The largest absolute Gasteiger partial charge is 0.325 e. The summed E-state index contributed by atoms with van der Waals surface area (Å²) in [6.07, 6.45) is 0. The molecule has 0 radical (unpaired) electrons. The number of hydrogen-bond acceptors (Lipinski definition) is 6. The molecule has 1 atom stereocenters. The second kappa shape index (κ2) is 9.85. The van der Waals surface area contributed by atoms with Gasteiger partial charge in [-0.1, -0.05) is 30.0 Å². The number of thioether (sulfide) groups is 1. The van der Waals surface area contributed by atoms with Gasteiger partial charge in [0.05, 0.1) is 15.8 Å². The van der Waals surface area contributed by atoms with Gasteiger partial charge in [0.25, 0.3) is 0 Å².